The predicted octanol–water partition coefficient (Wildman–Crippen LogP) is 1.72. The second-order valence-corrected chi connectivity index (χ2v) is 5.73. The summed E-state index contributed by atoms with van der Waals surface area (Å²) in [4.78, 5) is 12.4. The molecule has 1 aromatic heterocycles. The van der Waals surface area contributed by atoms with Crippen molar-refractivity contribution in [3.63, 3.8) is 0 Å². The highest BCUT2D eigenvalue weighted by Crippen LogP contribution is 2.36. The largest absolute Gasteiger partial charge is 0.456 e. The Morgan fingerprint density at radius 2 is 1.95 bits per heavy atom. The topological polar surface area (TPSA) is 73.4 Å². The molecule has 106 valence electrons. The van der Waals surface area contributed by atoms with Crippen molar-refractivity contribution in [2.45, 2.75) is 24.9 Å². The molecule has 1 spiro atoms. The lowest BCUT2D eigenvalue weighted by Crippen LogP contribution is -2.40. The van der Waals surface area contributed by atoms with Gasteiger partial charge >= 0.3 is 0 Å². The summed E-state index contributed by atoms with van der Waals surface area (Å²) < 4.78 is 5.80. The molecule has 4 rings (SSSR count). The van der Waals surface area contributed by atoms with E-state index in [0.717, 1.165) is 30.4 Å². The summed E-state index contributed by atoms with van der Waals surface area (Å²) in [6, 6.07) is 6.87. The van der Waals surface area contributed by atoms with E-state index in [9.17, 15) is 0 Å². The van der Waals surface area contributed by atoms with Crippen LogP contribution in [0.5, 0.6) is 0 Å². The van der Waals surface area contributed by atoms with E-state index in [1.165, 1.54) is 11.1 Å². The smallest absolute Gasteiger partial charge is 0.282 e. The van der Waals surface area contributed by atoms with Gasteiger partial charge in [0.25, 0.3) is 6.02 Å². The van der Waals surface area contributed by atoms with Gasteiger partial charge in [-0.3, -0.25) is 0 Å². The summed E-state index contributed by atoms with van der Waals surface area (Å²) >= 11 is 0. The van der Waals surface area contributed by atoms with Crippen molar-refractivity contribution in [3.05, 3.63) is 48.0 Å². The highest BCUT2D eigenvalue weighted by Gasteiger charge is 2.40. The van der Waals surface area contributed by atoms with E-state index in [1.54, 1.807) is 6.33 Å². The Morgan fingerprint density at radius 3 is 2.71 bits per heavy atom. The molecule has 1 atom stereocenters. The maximum absolute atomic E-state index is 5.80. The van der Waals surface area contributed by atoms with E-state index in [-0.39, 0.29) is 5.60 Å². The molecule has 0 bridgehead atoms. The first kappa shape index (κ1) is 12.3. The fraction of sp³-hybridized carbons (Fsp3) is 0.312. The molecule has 1 aliphatic carbocycles. The van der Waals surface area contributed by atoms with Crippen molar-refractivity contribution < 1.29 is 4.74 Å². The Balaban J connectivity index is 1.68. The summed E-state index contributed by atoms with van der Waals surface area (Å²) in [6.45, 7) is 0.664. The van der Waals surface area contributed by atoms with Crippen LogP contribution >= 0.6 is 0 Å². The van der Waals surface area contributed by atoms with Gasteiger partial charge in [-0.2, -0.15) is 0 Å². The molecule has 0 radical (unpaired) electrons. The van der Waals surface area contributed by atoms with E-state index in [0.29, 0.717) is 12.6 Å². The molecule has 2 heterocycles. The Kier molecular flexibility index (Phi) is 2.67. The quantitative estimate of drug-likeness (QED) is 0.863. The van der Waals surface area contributed by atoms with E-state index >= 15 is 0 Å². The van der Waals surface area contributed by atoms with Crippen molar-refractivity contribution in [1.29, 1.82) is 0 Å². The molecule has 5 heteroatoms. The second kappa shape index (κ2) is 4.55. The average Bonchev–Trinajstić information content (AvgIpc) is 2.88. The summed E-state index contributed by atoms with van der Waals surface area (Å²) in [7, 11) is 0. The Hall–Kier alpha value is -2.43. The van der Waals surface area contributed by atoms with Crippen LogP contribution in [0.4, 0.5) is 0 Å². The van der Waals surface area contributed by atoms with E-state index in [4.69, 9.17) is 10.5 Å². The fourth-order valence-corrected chi connectivity index (χ4v) is 3.19. The second-order valence-electron chi connectivity index (χ2n) is 5.73. The summed E-state index contributed by atoms with van der Waals surface area (Å²) in [5.74, 6) is 0. The third-order valence-electron chi connectivity index (χ3n) is 4.31. The summed E-state index contributed by atoms with van der Waals surface area (Å²) in [5.41, 5.74) is 10.3. The molecule has 0 amide bonds. The number of aryl methyl sites for hydroxylation is 1. The van der Waals surface area contributed by atoms with Gasteiger partial charge in [0.2, 0.25) is 0 Å². The third-order valence-corrected chi connectivity index (χ3v) is 4.31. The summed E-state index contributed by atoms with van der Waals surface area (Å²) in [5, 5.41) is 0. The number of nitrogens with two attached hydrogens (primary N) is 1. The minimum atomic E-state index is -0.233. The first-order valence-electron chi connectivity index (χ1n) is 7.10. The molecule has 1 aromatic carbocycles. The lowest BCUT2D eigenvalue weighted by atomic mass is 9.79. The average molecular weight is 280 g/mol. The molecular formula is C16H16N4O. The first-order chi connectivity index (χ1) is 10.2. The standard InChI is InChI=1S/C16H16N4O/c17-15-20-9-16(21-15)4-3-11-1-2-12(5-13(11)6-16)14-7-18-10-19-8-14/h1-2,5,7-8,10H,3-4,6,9H2,(H2,17,20). The van der Waals surface area contributed by atoms with Crippen molar-refractivity contribution in [2.24, 2.45) is 10.7 Å². The van der Waals surface area contributed by atoms with Crippen LogP contribution in [0.3, 0.4) is 0 Å². The van der Waals surface area contributed by atoms with Gasteiger partial charge in [-0.05, 0) is 29.5 Å². The van der Waals surface area contributed by atoms with Crippen molar-refractivity contribution >= 4 is 6.02 Å². The third kappa shape index (κ3) is 2.14. The normalized spacial score (nSPS) is 23.5. The maximum Gasteiger partial charge on any atom is 0.282 e. The van der Waals surface area contributed by atoms with Crippen LogP contribution in [0.2, 0.25) is 0 Å². The van der Waals surface area contributed by atoms with Crippen LogP contribution in [0, 0.1) is 0 Å². The number of fused-ring (bicyclic) bond motifs is 1. The van der Waals surface area contributed by atoms with Gasteiger partial charge in [0.05, 0.1) is 6.54 Å². The molecule has 2 aliphatic rings. The minimum absolute atomic E-state index is 0.233. The van der Waals surface area contributed by atoms with Crippen LogP contribution in [0.1, 0.15) is 17.5 Å². The number of hydrogen-bond donors (Lipinski definition) is 1. The number of benzene rings is 1. The van der Waals surface area contributed by atoms with E-state index in [1.807, 2.05) is 12.4 Å². The monoisotopic (exact) mass is 280 g/mol. The molecule has 0 fully saturated rings. The highest BCUT2D eigenvalue weighted by atomic mass is 16.5. The molecule has 1 unspecified atom stereocenters. The Morgan fingerprint density at radius 1 is 1.10 bits per heavy atom. The molecule has 21 heavy (non-hydrogen) atoms. The van der Waals surface area contributed by atoms with Crippen LogP contribution in [0.25, 0.3) is 11.1 Å². The fourth-order valence-electron chi connectivity index (χ4n) is 3.19. The minimum Gasteiger partial charge on any atom is -0.456 e. The molecule has 1 aliphatic heterocycles. The Labute approximate surface area is 122 Å². The number of aliphatic imine (C=N–C) groups is 1. The van der Waals surface area contributed by atoms with Crippen LogP contribution in [-0.2, 0) is 17.6 Å². The zero-order valence-electron chi connectivity index (χ0n) is 11.6. The lowest BCUT2D eigenvalue weighted by molar-refractivity contribution is 0.0704. The first-order valence-corrected chi connectivity index (χ1v) is 7.10. The van der Waals surface area contributed by atoms with Crippen LogP contribution in [-0.4, -0.2) is 28.1 Å². The molecule has 2 N–H and O–H groups in total. The van der Waals surface area contributed by atoms with Crippen molar-refractivity contribution in [2.75, 3.05) is 6.54 Å². The van der Waals surface area contributed by atoms with E-state index < -0.39 is 0 Å². The van der Waals surface area contributed by atoms with Gasteiger partial charge in [-0.1, -0.05) is 18.2 Å². The molecule has 5 nitrogen and oxygen atoms in total. The van der Waals surface area contributed by atoms with Gasteiger partial charge < -0.3 is 10.5 Å². The van der Waals surface area contributed by atoms with Crippen molar-refractivity contribution in [1.82, 2.24) is 9.97 Å². The van der Waals surface area contributed by atoms with Crippen LogP contribution < -0.4 is 5.73 Å². The molecule has 0 saturated carbocycles. The van der Waals surface area contributed by atoms with Gasteiger partial charge in [0, 0.05) is 24.4 Å². The number of rotatable bonds is 1. The predicted molar refractivity (Wildman–Crippen MR) is 79.8 cm³/mol. The van der Waals surface area contributed by atoms with Crippen molar-refractivity contribution in [3.8, 4) is 11.1 Å². The SMILES string of the molecule is NC1=NCC2(CCc3ccc(-c4cncnc4)cc3C2)O1. The van der Waals surface area contributed by atoms with Gasteiger partial charge in [0.15, 0.2) is 0 Å². The van der Waals surface area contributed by atoms with Gasteiger partial charge in [-0.25, -0.2) is 15.0 Å². The molecule has 0 saturated heterocycles. The number of ether oxygens (including phenoxy) is 1. The number of amidine groups is 1. The number of hydrogen-bond acceptors (Lipinski definition) is 5. The molecule has 2 aromatic rings. The van der Waals surface area contributed by atoms with Crippen LogP contribution in [0.15, 0.2) is 41.9 Å². The zero-order chi connectivity index (χ0) is 14.3. The van der Waals surface area contributed by atoms with Gasteiger partial charge in [0.1, 0.15) is 11.9 Å². The lowest BCUT2D eigenvalue weighted by Gasteiger charge is -2.33. The maximum atomic E-state index is 5.80. The number of aromatic nitrogens is 2. The zero-order valence-corrected chi connectivity index (χ0v) is 11.6. The molecular weight excluding hydrogens is 264 g/mol. The Bertz CT molecular complexity index is 713. The van der Waals surface area contributed by atoms with E-state index in [2.05, 4.69) is 33.2 Å². The van der Waals surface area contributed by atoms with Gasteiger partial charge in [-0.15, -0.1) is 0 Å². The summed E-state index contributed by atoms with van der Waals surface area (Å²) in [6.07, 6.45) is 8.04. The number of nitrogens with zero attached hydrogens (tertiary/aromatic N) is 3. The highest BCUT2D eigenvalue weighted by molar-refractivity contribution is 5.74.